The van der Waals surface area contributed by atoms with E-state index in [-0.39, 0.29) is 5.91 Å². The number of amides is 1. The molecular weight excluding hydrogens is 392 g/mol. The third-order valence-corrected chi connectivity index (χ3v) is 4.81. The zero-order valence-corrected chi connectivity index (χ0v) is 16.9. The molecule has 5 N–H and O–H groups in total. The van der Waals surface area contributed by atoms with Gasteiger partial charge in [-0.15, -0.1) is 0 Å². The number of benzene rings is 3. The van der Waals surface area contributed by atoms with E-state index in [2.05, 4.69) is 15.7 Å². The van der Waals surface area contributed by atoms with Gasteiger partial charge in [-0.2, -0.15) is 5.10 Å². The van der Waals surface area contributed by atoms with E-state index in [1.165, 1.54) is 6.34 Å². The summed E-state index contributed by atoms with van der Waals surface area (Å²) in [6, 6.07) is 23.8. The molecule has 1 atom stereocenters. The van der Waals surface area contributed by atoms with Gasteiger partial charge in [-0.05, 0) is 41.3 Å². The Labute approximate surface area is 180 Å². The van der Waals surface area contributed by atoms with Crippen LogP contribution in [0.1, 0.15) is 33.0 Å². The quantitative estimate of drug-likeness (QED) is 0.185. The van der Waals surface area contributed by atoms with Gasteiger partial charge in [0.2, 0.25) is 0 Å². The first-order valence-corrected chi connectivity index (χ1v) is 9.79. The molecule has 0 spiro atoms. The molecule has 0 aromatic heterocycles. The smallest absolute Gasteiger partial charge is 0.311 e. The molecule has 0 saturated heterocycles. The molecule has 31 heavy (non-hydrogen) atoms. The van der Waals surface area contributed by atoms with Gasteiger partial charge in [0.1, 0.15) is 6.34 Å². The number of carboxylic acids is 1. The van der Waals surface area contributed by atoms with Crippen molar-refractivity contribution in [1.29, 1.82) is 0 Å². The molecule has 0 fully saturated rings. The molecule has 0 bridgehead atoms. The van der Waals surface area contributed by atoms with Gasteiger partial charge < -0.3 is 21.6 Å². The van der Waals surface area contributed by atoms with Crippen LogP contribution >= 0.6 is 0 Å². The van der Waals surface area contributed by atoms with Crippen LogP contribution in [-0.2, 0) is 17.8 Å². The van der Waals surface area contributed by atoms with Gasteiger partial charge in [0.05, 0.1) is 5.92 Å². The van der Waals surface area contributed by atoms with Gasteiger partial charge in [0, 0.05) is 17.8 Å². The van der Waals surface area contributed by atoms with E-state index in [4.69, 9.17) is 5.84 Å². The molecular formula is C24H24N4O3. The van der Waals surface area contributed by atoms with Gasteiger partial charge in [-0.1, -0.05) is 60.7 Å². The summed E-state index contributed by atoms with van der Waals surface area (Å²) in [7, 11) is 0. The second kappa shape index (κ2) is 10.6. The fraction of sp³-hybridized carbons (Fsp3) is 0.125. The first-order chi connectivity index (χ1) is 15.1. The Morgan fingerprint density at radius 2 is 1.71 bits per heavy atom. The Kier molecular flexibility index (Phi) is 7.37. The maximum Gasteiger partial charge on any atom is 0.311 e. The Hall–Kier alpha value is -4.13. The Morgan fingerprint density at radius 1 is 0.968 bits per heavy atom. The predicted molar refractivity (Wildman–Crippen MR) is 121 cm³/mol. The monoisotopic (exact) mass is 416 g/mol. The SMILES string of the molecule is NN=CNc1cccc(C(=O)NCc2cccc(CC(C(=O)O)c3ccccc3)c2)c1. The van der Waals surface area contributed by atoms with Crippen molar-refractivity contribution in [3.63, 3.8) is 0 Å². The van der Waals surface area contributed by atoms with Gasteiger partial charge in [-0.25, -0.2) is 0 Å². The van der Waals surface area contributed by atoms with Crippen molar-refractivity contribution in [2.75, 3.05) is 5.32 Å². The zero-order chi connectivity index (χ0) is 22.1. The number of nitrogens with two attached hydrogens (primary N) is 1. The zero-order valence-electron chi connectivity index (χ0n) is 16.9. The first-order valence-electron chi connectivity index (χ1n) is 9.79. The molecule has 0 heterocycles. The van der Waals surface area contributed by atoms with Crippen molar-refractivity contribution in [3.8, 4) is 0 Å². The number of nitrogens with one attached hydrogen (secondary N) is 2. The second-order valence-electron chi connectivity index (χ2n) is 7.01. The normalized spacial score (nSPS) is 11.7. The van der Waals surface area contributed by atoms with Gasteiger partial charge in [0.15, 0.2) is 0 Å². The van der Waals surface area contributed by atoms with E-state index in [1.54, 1.807) is 24.3 Å². The van der Waals surface area contributed by atoms with Crippen molar-refractivity contribution >= 4 is 23.9 Å². The van der Waals surface area contributed by atoms with E-state index in [0.717, 1.165) is 16.7 Å². The van der Waals surface area contributed by atoms with E-state index >= 15 is 0 Å². The third kappa shape index (κ3) is 6.17. The Bertz CT molecular complexity index is 1070. The molecule has 0 aliphatic rings. The van der Waals surface area contributed by atoms with Gasteiger partial charge in [-0.3, -0.25) is 9.59 Å². The molecule has 0 aliphatic carbocycles. The molecule has 158 valence electrons. The predicted octanol–water partition coefficient (Wildman–Crippen LogP) is 3.34. The molecule has 3 aromatic rings. The molecule has 3 rings (SSSR count). The number of carbonyl (C=O) groups excluding carboxylic acids is 1. The van der Waals surface area contributed by atoms with Crippen LogP contribution in [0.25, 0.3) is 0 Å². The standard InChI is InChI=1S/C24H24N4O3/c25-28-16-27-21-11-5-10-20(14-21)23(29)26-15-18-7-4-6-17(12-18)13-22(24(30)31)19-8-2-1-3-9-19/h1-12,14,16,22H,13,15,25H2,(H,26,29)(H,27,28)(H,30,31). The number of carbonyl (C=O) groups is 2. The molecule has 0 saturated carbocycles. The lowest BCUT2D eigenvalue weighted by molar-refractivity contribution is -0.138. The summed E-state index contributed by atoms with van der Waals surface area (Å²) in [6.07, 6.45) is 1.71. The highest BCUT2D eigenvalue weighted by Gasteiger charge is 2.20. The topological polar surface area (TPSA) is 117 Å². The average molecular weight is 416 g/mol. The number of hydrogen-bond acceptors (Lipinski definition) is 4. The van der Waals surface area contributed by atoms with E-state index in [9.17, 15) is 14.7 Å². The number of nitrogens with zero attached hydrogens (tertiary/aromatic N) is 1. The minimum Gasteiger partial charge on any atom is -0.481 e. The van der Waals surface area contributed by atoms with Crippen molar-refractivity contribution < 1.29 is 14.7 Å². The summed E-state index contributed by atoms with van der Waals surface area (Å²) < 4.78 is 0. The number of carboxylic acid groups (broad SMARTS) is 1. The summed E-state index contributed by atoms with van der Waals surface area (Å²) in [5.74, 6) is 3.37. The molecule has 1 unspecified atom stereocenters. The molecule has 7 nitrogen and oxygen atoms in total. The van der Waals surface area contributed by atoms with Crippen LogP contribution in [-0.4, -0.2) is 23.3 Å². The molecule has 1 amide bonds. The number of hydrazone groups is 1. The lowest BCUT2D eigenvalue weighted by Gasteiger charge is -2.14. The summed E-state index contributed by atoms with van der Waals surface area (Å²) in [5.41, 5.74) is 3.76. The van der Waals surface area contributed by atoms with Gasteiger partial charge >= 0.3 is 5.97 Å². The second-order valence-corrected chi connectivity index (χ2v) is 7.01. The maximum atomic E-state index is 12.5. The fourth-order valence-corrected chi connectivity index (χ4v) is 3.28. The highest BCUT2D eigenvalue weighted by Crippen LogP contribution is 2.22. The number of hydrogen-bond donors (Lipinski definition) is 4. The first kappa shape index (κ1) is 21.6. The summed E-state index contributed by atoms with van der Waals surface area (Å²) in [6.45, 7) is 0.331. The maximum absolute atomic E-state index is 12.5. The molecule has 3 aromatic carbocycles. The highest BCUT2D eigenvalue weighted by atomic mass is 16.4. The lowest BCUT2D eigenvalue weighted by Crippen LogP contribution is -2.23. The van der Waals surface area contributed by atoms with Crippen molar-refractivity contribution in [2.45, 2.75) is 18.9 Å². The van der Waals surface area contributed by atoms with E-state index in [0.29, 0.717) is 24.2 Å². The minimum atomic E-state index is -0.863. The van der Waals surface area contributed by atoms with Crippen molar-refractivity contribution in [2.24, 2.45) is 10.9 Å². The van der Waals surface area contributed by atoms with Gasteiger partial charge in [0.25, 0.3) is 5.91 Å². The lowest BCUT2D eigenvalue weighted by atomic mass is 9.91. The summed E-state index contributed by atoms with van der Waals surface area (Å²) >= 11 is 0. The van der Waals surface area contributed by atoms with Crippen LogP contribution in [0.15, 0.2) is 84.0 Å². The Balaban J connectivity index is 1.65. The van der Waals surface area contributed by atoms with E-state index in [1.807, 2.05) is 54.6 Å². The van der Waals surface area contributed by atoms with Crippen LogP contribution < -0.4 is 16.5 Å². The minimum absolute atomic E-state index is 0.216. The number of anilines is 1. The third-order valence-electron chi connectivity index (χ3n) is 4.81. The average Bonchev–Trinajstić information content (AvgIpc) is 2.80. The Morgan fingerprint density at radius 3 is 2.45 bits per heavy atom. The molecule has 0 aliphatic heterocycles. The fourth-order valence-electron chi connectivity index (χ4n) is 3.28. The van der Waals surface area contributed by atoms with Crippen molar-refractivity contribution in [3.05, 3.63) is 101 Å². The number of aliphatic carboxylic acids is 1. The molecule has 0 radical (unpaired) electrons. The van der Waals surface area contributed by atoms with Crippen LogP contribution in [0.3, 0.4) is 0 Å². The molecule has 7 heteroatoms. The van der Waals surface area contributed by atoms with Crippen molar-refractivity contribution in [1.82, 2.24) is 5.32 Å². The van der Waals surface area contributed by atoms with Crippen LogP contribution in [0.4, 0.5) is 5.69 Å². The summed E-state index contributed by atoms with van der Waals surface area (Å²) in [4.78, 5) is 24.3. The summed E-state index contributed by atoms with van der Waals surface area (Å²) in [5, 5.41) is 18.8. The van der Waals surface area contributed by atoms with Crippen LogP contribution in [0, 0.1) is 0 Å². The van der Waals surface area contributed by atoms with Crippen LogP contribution in [0.2, 0.25) is 0 Å². The highest BCUT2D eigenvalue weighted by molar-refractivity contribution is 5.95. The van der Waals surface area contributed by atoms with Crippen LogP contribution in [0.5, 0.6) is 0 Å². The van der Waals surface area contributed by atoms with E-state index < -0.39 is 11.9 Å². The largest absolute Gasteiger partial charge is 0.481 e. The number of rotatable bonds is 9.